The summed E-state index contributed by atoms with van der Waals surface area (Å²) < 4.78 is 40.4. The van der Waals surface area contributed by atoms with E-state index in [4.69, 9.17) is 0 Å². The van der Waals surface area contributed by atoms with Crippen molar-refractivity contribution in [1.29, 1.82) is 0 Å². The molecule has 0 amide bonds. The van der Waals surface area contributed by atoms with E-state index in [-0.39, 0.29) is 4.90 Å². The second-order valence-electron chi connectivity index (χ2n) is 5.40. The van der Waals surface area contributed by atoms with Gasteiger partial charge in [-0.2, -0.15) is 0 Å². The fourth-order valence-electron chi connectivity index (χ4n) is 1.59. The van der Waals surface area contributed by atoms with Crippen LogP contribution in [0.25, 0.3) is 0 Å². The van der Waals surface area contributed by atoms with E-state index in [1.165, 1.54) is 12.1 Å². The van der Waals surface area contributed by atoms with E-state index >= 15 is 0 Å². The standard InChI is InChI=1S/C13H21FN2O2S/c1-5-15-9-10-6-7-11(14)12(8-10)19(17,18)16-13(2,3)4/h6-8,15-16H,5,9H2,1-4H3. The number of hydrogen-bond donors (Lipinski definition) is 2. The lowest BCUT2D eigenvalue weighted by molar-refractivity contribution is 0.486. The summed E-state index contributed by atoms with van der Waals surface area (Å²) in [5.41, 5.74) is 0.0840. The molecule has 0 spiro atoms. The van der Waals surface area contributed by atoms with Gasteiger partial charge in [-0.15, -0.1) is 0 Å². The van der Waals surface area contributed by atoms with Gasteiger partial charge in [-0.05, 0) is 45.0 Å². The summed E-state index contributed by atoms with van der Waals surface area (Å²) in [6.45, 7) is 8.36. The molecule has 0 radical (unpaired) electrons. The second kappa shape index (κ2) is 5.98. The van der Waals surface area contributed by atoms with Gasteiger partial charge in [0.25, 0.3) is 0 Å². The third-order valence-electron chi connectivity index (χ3n) is 2.30. The first-order valence-electron chi connectivity index (χ1n) is 6.19. The van der Waals surface area contributed by atoms with E-state index in [0.29, 0.717) is 6.54 Å². The molecule has 108 valence electrons. The Morgan fingerprint density at radius 3 is 2.42 bits per heavy atom. The first-order chi connectivity index (χ1) is 8.65. The van der Waals surface area contributed by atoms with E-state index in [2.05, 4.69) is 10.0 Å². The zero-order valence-electron chi connectivity index (χ0n) is 11.7. The molecule has 0 aliphatic carbocycles. The first-order valence-corrected chi connectivity index (χ1v) is 7.67. The summed E-state index contributed by atoms with van der Waals surface area (Å²) in [6.07, 6.45) is 0. The lowest BCUT2D eigenvalue weighted by Crippen LogP contribution is -2.40. The average molecular weight is 288 g/mol. The molecule has 1 aromatic rings. The predicted molar refractivity (Wildman–Crippen MR) is 73.9 cm³/mol. The summed E-state index contributed by atoms with van der Waals surface area (Å²) in [7, 11) is -3.85. The number of nitrogens with one attached hydrogen (secondary N) is 2. The molecular weight excluding hydrogens is 267 g/mol. The summed E-state index contributed by atoms with van der Waals surface area (Å²) >= 11 is 0. The topological polar surface area (TPSA) is 58.2 Å². The maximum Gasteiger partial charge on any atom is 0.243 e. The van der Waals surface area contributed by atoms with E-state index in [0.717, 1.165) is 12.1 Å². The number of halogens is 1. The molecule has 0 aliphatic rings. The van der Waals surface area contributed by atoms with Crippen molar-refractivity contribution in [2.75, 3.05) is 6.54 Å². The van der Waals surface area contributed by atoms with Gasteiger partial charge >= 0.3 is 0 Å². The minimum Gasteiger partial charge on any atom is -0.313 e. The van der Waals surface area contributed by atoms with Crippen LogP contribution in [0.15, 0.2) is 23.1 Å². The highest BCUT2D eigenvalue weighted by Crippen LogP contribution is 2.18. The van der Waals surface area contributed by atoms with Gasteiger partial charge in [0, 0.05) is 12.1 Å². The molecule has 0 unspecified atom stereocenters. The molecule has 0 bridgehead atoms. The Bertz CT molecular complexity index is 536. The van der Waals surface area contributed by atoms with Crippen LogP contribution in [-0.2, 0) is 16.6 Å². The van der Waals surface area contributed by atoms with Gasteiger partial charge in [0.2, 0.25) is 10.0 Å². The number of sulfonamides is 1. The smallest absolute Gasteiger partial charge is 0.243 e. The Kier molecular flexibility index (Phi) is 5.06. The molecule has 19 heavy (non-hydrogen) atoms. The zero-order valence-corrected chi connectivity index (χ0v) is 12.6. The normalized spacial score (nSPS) is 12.7. The van der Waals surface area contributed by atoms with Crippen molar-refractivity contribution in [3.8, 4) is 0 Å². The minimum absolute atomic E-state index is 0.308. The Morgan fingerprint density at radius 1 is 1.26 bits per heavy atom. The number of benzene rings is 1. The van der Waals surface area contributed by atoms with Gasteiger partial charge in [0.1, 0.15) is 10.7 Å². The van der Waals surface area contributed by atoms with Crippen molar-refractivity contribution in [3.63, 3.8) is 0 Å². The predicted octanol–water partition coefficient (Wildman–Crippen LogP) is 2.01. The van der Waals surface area contributed by atoms with E-state index in [1.807, 2.05) is 6.92 Å². The largest absolute Gasteiger partial charge is 0.313 e. The highest BCUT2D eigenvalue weighted by Gasteiger charge is 2.25. The first kappa shape index (κ1) is 16.1. The van der Waals surface area contributed by atoms with E-state index in [1.54, 1.807) is 26.8 Å². The summed E-state index contributed by atoms with van der Waals surface area (Å²) in [5, 5.41) is 3.07. The van der Waals surface area contributed by atoms with Crippen molar-refractivity contribution in [1.82, 2.24) is 10.0 Å². The molecule has 0 fully saturated rings. The van der Waals surface area contributed by atoms with Crippen LogP contribution in [0.4, 0.5) is 4.39 Å². The summed E-state index contributed by atoms with van der Waals surface area (Å²) in [4.78, 5) is -0.308. The number of hydrogen-bond acceptors (Lipinski definition) is 3. The van der Waals surface area contributed by atoms with Gasteiger partial charge in [0.05, 0.1) is 0 Å². The Balaban J connectivity index is 3.11. The van der Waals surface area contributed by atoms with Crippen LogP contribution in [0.2, 0.25) is 0 Å². The lowest BCUT2D eigenvalue weighted by Gasteiger charge is -2.20. The van der Waals surface area contributed by atoms with Crippen molar-refractivity contribution < 1.29 is 12.8 Å². The van der Waals surface area contributed by atoms with Crippen LogP contribution in [0.1, 0.15) is 33.3 Å². The van der Waals surface area contributed by atoms with Gasteiger partial charge < -0.3 is 5.32 Å². The van der Waals surface area contributed by atoms with Crippen molar-refractivity contribution >= 4 is 10.0 Å². The van der Waals surface area contributed by atoms with Crippen LogP contribution in [0.5, 0.6) is 0 Å². The molecule has 6 heteroatoms. The molecule has 4 nitrogen and oxygen atoms in total. The van der Waals surface area contributed by atoms with E-state index in [9.17, 15) is 12.8 Å². The third kappa shape index (κ3) is 4.89. The second-order valence-corrected chi connectivity index (χ2v) is 7.05. The summed E-state index contributed by atoms with van der Waals surface area (Å²) in [5.74, 6) is -0.739. The van der Waals surface area contributed by atoms with Gasteiger partial charge in [-0.25, -0.2) is 17.5 Å². The van der Waals surface area contributed by atoms with Crippen molar-refractivity contribution in [2.24, 2.45) is 0 Å². The monoisotopic (exact) mass is 288 g/mol. The van der Waals surface area contributed by atoms with Crippen LogP contribution in [0.3, 0.4) is 0 Å². The lowest BCUT2D eigenvalue weighted by atomic mass is 10.1. The van der Waals surface area contributed by atoms with Crippen molar-refractivity contribution in [3.05, 3.63) is 29.6 Å². The average Bonchev–Trinajstić information content (AvgIpc) is 2.24. The van der Waals surface area contributed by atoms with Gasteiger partial charge in [-0.1, -0.05) is 13.0 Å². The van der Waals surface area contributed by atoms with Crippen LogP contribution in [-0.4, -0.2) is 20.5 Å². The minimum atomic E-state index is -3.85. The maximum absolute atomic E-state index is 13.7. The number of rotatable bonds is 5. The van der Waals surface area contributed by atoms with Gasteiger partial charge in [-0.3, -0.25) is 0 Å². The molecule has 2 N–H and O–H groups in total. The Hall–Kier alpha value is -0.980. The van der Waals surface area contributed by atoms with Crippen LogP contribution < -0.4 is 10.0 Å². The highest BCUT2D eigenvalue weighted by atomic mass is 32.2. The van der Waals surface area contributed by atoms with Gasteiger partial charge in [0.15, 0.2) is 0 Å². The molecule has 1 rings (SSSR count). The Morgan fingerprint density at radius 2 is 1.89 bits per heavy atom. The quantitative estimate of drug-likeness (QED) is 0.871. The molecule has 0 heterocycles. The third-order valence-corrected chi connectivity index (χ3v) is 4.08. The highest BCUT2D eigenvalue weighted by molar-refractivity contribution is 7.89. The van der Waals surface area contributed by atoms with Crippen molar-refractivity contribution in [2.45, 2.75) is 44.7 Å². The van der Waals surface area contributed by atoms with Crippen LogP contribution in [0, 0.1) is 5.82 Å². The maximum atomic E-state index is 13.7. The molecule has 0 saturated carbocycles. The van der Waals surface area contributed by atoms with E-state index < -0.39 is 21.4 Å². The fourth-order valence-corrected chi connectivity index (χ4v) is 3.14. The SMILES string of the molecule is CCNCc1ccc(F)c(S(=O)(=O)NC(C)(C)C)c1. The molecule has 0 aromatic heterocycles. The molecule has 0 atom stereocenters. The van der Waals surface area contributed by atoms with Crippen LogP contribution >= 0.6 is 0 Å². The molecule has 0 aliphatic heterocycles. The Labute approximate surface area is 114 Å². The summed E-state index contributed by atoms with van der Waals surface area (Å²) in [6, 6.07) is 4.13. The fraction of sp³-hybridized carbons (Fsp3) is 0.538. The zero-order chi connectivity index (χ0) is 14.7. The molecular formula is C13H21FN2O2S. The molecule has 1 aromatic carbocycles. The molecule has 0 saturated heterocycles.